The summed E-state index contributed by atoms with van der Waals surface area (Å²) in [6, 6.07) is 6.20. The number of carbonyl (C=O) groups excluding carboxylic acids is 1. The Morgan fingerprint density at radius 2 is 2.00 bits per heavy atom. The van der Waals surface area contributed by atoms with Crippen molar-refractivity contribution in [3.63, 3.8) is 0 Å². The van der Waals surface area contributed by atoms with Crippen molar-refractivity contribution in [2.24, 2.45) is 0 Å². The molecular weight excluding hydrogens is 262 g/mol. The number of amides is 1. The van der Waals surface area contributed by atoms with E-state index in [-0.39, 0.29) is 5.91 Å². The third-order valence-corrected chi connectivity index (χ3v) is 4.79. The van der Waals surface area contributed by atoms with Gasteiger partial charge in [-0.3, -0.25) is 4.79 Å². The number of nitrogens with zero attached hydrogens (tertiary/aromatic N) is 1. The van der Waals surface area contributed by atoms with Gasteiger partial charge in [-0.05, 0) is 37.5 Å². The Kier molecular flexibility index (Phi) is 3.62. The summed E-state index contributed by atoms with van der Waals surface area (Å²) in [7, 11) is 1.93. The SMILES string of the molecule is Cc1c(N)[nH]c2cc(C(=O)N(C)C3CCCCC3)ccc12. The third-order valence-electron chi connectivity index (χ3n) is 4.79. The van der Waals surface area contributed by atoms with Crippen LogP contribution in [0.15, 0.2) is 18.2 Å². The van der Waals surface area contributed by atoms with Gasteiger partial charge in [0.2, 0.25) is 0 Å². The van der Waals surface area contributed by atoms with Gasteiger partial charge in [0, 0.05) is 29.6 Å². The second kappa shape index (κ2) is 5.43. The van der Waals surface area contributed by atoms with Gasteiger partial charge in [0.25, 0.3) is 5.91 Å². The van der Waals surface area contributed by atoms with Crippen LogP contribution in [0, 0.1) is 6.92 Å². The maximum atomic E-state index is 12.7. The molecule has 3 N–H and O–H groups in total. The number of hydrogen-bond donors (Lipinski definition) is 2. The Morgan fingerprint density at radius 1 is 1.29 bits per heavy atom. The molecule has 1 aromatic heterocycles. The zero-order chi connectivity index (χ0) is 15.0. The fourth-order valence-electron chi connectivity index (χ4n) is 3.33. The first-order valence-corrected chi connectivity index (χ1v) is 7.73. The molecule has 21 heavy (non-hydrogen) atoms. The lowest BCUT2D eigenvalue weighted by Crippen LogP contribution is -2.38. The number of hydrogen-bond acceptors (Lipinski definition) is 2. The van der Waals surface area contributed by atoms with Gasteiger partial charge in [0.15, 0.2) is 0 Å². The lowest BCUT2D eigenvalue weighted by Gasteiger charge is -2.31. The van der Waals surface area contributed by atoms with E-state index >= 15 is 0 Å². The Bertz CT molecular complexity index is 668. The topological polar surface area (TPSA) is 62.1 Å². The number of fused-ring (bicyclic) bond motifs is 1. The lowest BCUT2D eigenvalue weighted by molar-refractivity contribution is 0.0696. The normalized spacial score (nSPS) is 16.3. The number of aromatic amines is 1. The number of carbonyl (C=O) groups is 1. The van der Waals surface area contributed by atoms with E-state index < -0.39 is 0 Å². The molecule has 0 saturated heterocycles. The van der Waals surface area contributed by atoms with Gasteiger partial charge in [-0.25, -0.2) is 0 Å². The summed E-state index contributed by atoms with van der Waals surface area (Å²) in [4.78, 5) is 17.7. The van der Waals surface area contributed by atoms with Crippen LogP contribution in [0.4, 0.5) is 5.82 Å². The summed E-state index contributed by atoms with van der Waals surface area (Å²) < 4.78 is 0. The molecule has 0 radical (unpaired) electrons. The van der Waals surface area contributed by atoms with Gasteiger partial charge in [0.05, 0.1) is 0 Å². The fraction of sp³-hybridized carbons (Fsp3) is 0.471. The zero-order valence-corrected chi connectivity index (χ0v) is 12.8. The molecule has 1 aromatic carbocycles. The molecule has 1 amide bonds. The largest absolute Gasteiger partial charge is 0.385 e. The van der Waals surface area contributed by atoms with E-state index in [1.807, 2.05) is 37.1 Å². The molecule has 1 saturated carbocycles. The number of aromatic nitrogens is 1. The van der Waals surface area contributed by atoms with E-state index in [4.69, 9.17) is 5.73 Å². The lowest BCUT2D eigenvalue weighted by atomic mass is 9.94. The van der Waals surface area contributed by atoms with Gasteiger partial charge in [-0.2, -0.15) is 0 Å². The monoisotopic (exact) mass is 285 g/mol. The van der Waals surface area contributed by atoms with Crippen LogP contribution in [0.3, 0.4) is 0 Å². The van der Waals surface area contributed by atoms with Crippen molar-refractivity contribution in [3.8, 4) is 0 Å². The number of benzene rings is 1. The summed E-state index contributed by atoms with van der Waals surface area (Å²) in [5, 5.41) is 1.09. The molecule has 1 aliphatic carbocycles. The predicted octanol–water partition coefficient (Wildman–Crippen LogP) is 3.46. The van der Waals surface area contributed by atoms with E-state index in [9.17, 15) is 4.79 Å². The molecular formula is C17H23N3O. The summed E-state index contributed by atoms with van der Waals surface area (Å²) in [6.07, 6.45) is 6.00. The van der Waals surface area contributed by atoms with Crippen LogP contribution in [-0.4, -0.2) is 28.9 Å². The molecule has 0 aliphatic heterocycles. The van der Waals surface area contributed by atoms with Crippen LogP contribution in [0.1, 0.15) is 48.0 Å². The average molecular weight is 285 g/mol. The highest BCUT2D eigenvalue weighted by Crippen LogP contribution is 2.26. The standard InChI is InChI=1S/C17H23N3O/c1-11-14-9-8-12(10-15(14)19-16(11)18)17(21)20(2)13-6-4-3-5-7-13/h8-10,13,19H,3-7,18H2,1-2H3. The van der Waals surface area contributed by atoms with Crippen LogP contribution in [-0.2, 0) is 0 Å². The van der Waals surface area contributed by atoms with Crippen molar-refractivity contribution in [1.82, 2.24) is 9.88 Å². The molecule has 1 heterocycles. The maximum absolute atomic E-state index is 12.7. The Balaban J connectivity index is 1.86. The molecule has 4 nitrogen and oxygen atoms in total. The molecule has 2 aromatic rings. The highest BCUT2D eigenvalue weighted by atomic mass is 16.2. The van der Waals surface area contributed by atoms with Gasteiger partial charge >= 0.3 is 0 Å². The molecule has 1 fully saturated rings. The predicted molar refractivity (Wildman–Crippen MR) is 86.4 cm³/mol. The van der Waals surface area contributed by atoms with Gasteiger partial charge in [-0.15, -0.1) is 0 Å². The quantitative estimate of drug-likeness (QED) is 0.887. The average Bonchev–Trinajstić information content (AvgIpc) is 2.81. The molecule has 0 unspecified atom stereocenters. The van der Waals surface area contributed by atoms with Crippen LogP contribution >= 0.6 is 0 Å². The number of nitrogens with two attached hydrogens (primary N) is 1. The van der Waals surface area contributed by atoms with Gasteiger partial charge in [-0.1, -0.05) is 25.3 Å². The molecule has 0 bridgehead atoms. The van der Waals surface area contributed by atoms with Crippen molar-refractivity contribution < 1.29 is 4.79 Å². The summed E-state index contributed by atoms with van der Waals surface area (Å²) >= 11 is 0. The molecule has 0 atom stereocenters. The van der Waals surface area contributed by atoms with Crippen LogP contribution in [0.2, 0.25) is 0 Å². The van der Waals surface area contributed by atoms with E-state index in [1.165, 1.54) is 19.3 Å². The minimum atomic E-state index is 0.106. The summed E-state index contributed by atoms with van der Waals surface area (Å²) in [5.74, 6) is 0.782. The number of nitrogens with one attached hydrogen (secondary N) is 1. The van der Waals surface area contributed by atoms with Crippen molar-refractivity contribution >= 4 is 22.6 Å². The van der Waals surface area contributed by atoms with Crippen molar-refractivity contribution in [1.29, 1.82) is 0 Å². The van der Waals surface area contributed by atoms with E-state index in [0.717, 1.165) is 34.9 Å². The number of H-pyrrole nitrogens is 1. The van der Waals surface area contributed by atoms with Gasteiger partial charge in [0.1, 0.15) is 5.82 Å². The molecule has 0 spiro atoms. The second-order valence-corrected chi connectivity index (χ2v) is 6.13. The smallest absolute Gasteiger partial charge is 0.253 e. The first-order valence-electron chi connectivity index (χ1n) is 7.73. The first kappa shape index (κ1) is 14.0. The van der Waals surface area contributed by atoms with Crippen molar-refractivity contribution in [2.45, 2.75) is 45.1 Å². The third kappa shape index (κ3) is 2.50. The minimum absolute atomic E-state index is 0.106. The molecule has 3 rings (SSSR count). The highest BCUT2D eigenvalue weighted by Gasteiger charge is 2.23. The molecule has 112 valence electrons. The first-order chi connectivity index (χ1) is 10.1. The van der Waals surface area contributed by atoms with Crippen LogP contribution in [0.5, 0.6) is 0 Å². The van der Waals surface area contributed by atoms with Crippen molar-refractivity contribution in [3.05, 3.63) is 29.3 Å². The second-order valence-electron chi connectivity index (χ2n) is 6.13. The molecule has 1 aliphatic rings. The van der Waals surface area contributed by atoms with Crippen LogP contribution in [0.25, 0.3) is 10.9 Å². The molecule has 4 heteroatoms. The Hall–Kier alpha value is -1.97. The maximum Gasteiger partial charge on any atom is 0.253 e. The van der Waals surface area contributed by atoms with Gasteiger partial charge < -0.3 is 15.6 Å². The number of rotatable bonds is 2. The summed E-state index contributed by atoms with van der Waals surface area (Å²) in [6.45, 7) is 1.99. The van der Waals surface area contributed by atoms with E-state index in [1.54, 1.807) is 0 Å². The Labute approximate surface area is 125 Å². The summed E-state index contributed by atoms with van der Waals surface area (Å²) in [5.41, 5.74) is 8.62. The van der Waals surface area contributed by atoms with E-state index in [0.29, 0.717) is 11.9 Å². The zero-order valence-electron chi connectivity index (χ0n) is 12.8. The number of nitrogen functional groups attached to an aromatic ring is 1. The number of anilines is 1. The van der Waals surface area contributed by atoms with Crippen LogP contribution < -0.4 is 5.73 Å². The van der Waals surface area contributed by atoms with E-state index in [2.05, 4.69) is 4.98 Å². The Morgan fingerprint density at radius 3 is 2.71 bits per heavy atom. The minimum Gasteiger partial charge on any atom is -0.385 e. The fourth-order valence-corrected chi connectivity index (χ4v) is 3.33. The highest BCUT2D eigenvalue weighted by molar-refractivity contribution is 5.99. The van der Waals surface area contributed by atoms with Crippen molar-refractivity contribution in [2.75, 3.05) is 12.8 Å². The number of aryl methyl sites for hydroxylation is 1.